The third-order valence-electron chi connectivity index (χ3n) is 17.1. The van der Waals surface area contributed by atoms with Crippen molar-refractivity contribution in [1.29, 1.82) is 0 Å². The van der Waals surface area contributed by atoms with Crippen LogP contribution in [0.1, 0.15) is 369 Å². The summed E-state index contributed by atoms with van der Waals surface area (Å²) in [6.07, 6.45) is 49.9. The summed E-state index contributed by atoms with van der Waals surface area (Å²) < 4.78 is 68.4. The van der Waals surface area contributed by atoms with Gasteiger partial charge in [0.05, 0.1) is 26.4 Å². The summed E-state index contributed by atoms with van der Waals surface area (Å²) in [5.41, 5.74) is 0. The summed E-state index contributed by atoms with van der Waals surface area (Å²) in [5.74, 6) is -0.646. The maximum atomic E-state index is 13.0. The number of carbonyl (C=O) groups is 4. The first-order chi connectivity index (χ1) is 43.9. The summed E-state index contributed by atoms with van der Waals surface area (Å²) in [6, 6.07) is 0. The lowest BCUT2D eigenvalue weighted by Gasteiger charge is -2.21. The number of phosphoric acid groups is 2. The molecule has 0 saturated carbocycles. The largest absolute Gasteiger partial charge is 0.472 e. The topological polar surface area (TPSA) is 237 Å². The van der Waals surface area contributed by atoms with Crippen molar-refractivity contribution in [2.45, 2.75) is 387 Å². The molecule has 19 heteroatoms. The van der Waals surface area contributed by atoms with E-state index < -0.39 is 97.5 Å². The highest BCUT2D eigenvalue weighted by atomic mass is 31.2. The molecule has 0 heterocycles. The van der Waals surface area contributed by atoms with Gasteiger partial charge in [0.1, 0.15) is 19.3 Å². The van der Waals surface area contributed by atoms with Crippen molar-refractivity contribution in [2.24, 2.45) is 11.8 Å². The van der Waals surface area contributed by atoms with Crippen LogP contribution in [0, 0.1) is 11.8 Å². The fraction of sp³-hybridized carbons (Fsp3) is 0.944. The molecule has 0 spiro atoms. The number of aliphatic hydroxyl groups excluding tert-OH is 1. The molecule has 0 saturated heterocycles. The van der Waals surface area contributed by atoms with E-state index in [0.29, 0.717) is 25.7 Å². The molecular weight excluding hydrogens is 1200 g/mol. The quantitative estimate of drug-likeness (QED) is 0.0222. The van der Waals surface area contributed by atoms with Crippen molar-refractivity contribution in [3.63, 3.8) is 0 Å². The van der Waals surface area contributed by atoms with Crippen LogP contribution in [0.3, 0.4) is 0 Å². The molecule has 0 rings (SSSR count). The molecule has 0 radical (unpaired) electrons. The van der Waals surface area contributed by atoms with Crippen LogP contribution in [0.4, 0.5) is 0 Å². The van der Waals surface area contributed by atoms with E-state index in [2.05, 4.69) is 41.5 Å². The van der Waals surface area contributed by atoms with Crippen molar-refractivity contribution in [3.05, 3.63) is 0 Å². The number of unbranched alkanes of at least 4 members (excludes halogenated alkanes) is 40. The predicted octanol–water partition coefficient (Wildman–Crippen LogP) is 20.8. The summed E-state index contributed by atoms with van der Waals surface area (Å²) in [5, 5.41) is 10.6. The zero-order valence-electron chi connectivity index (χ0n) is 59.1. The lowest BCUT2D eigenvalue weighted by atomic mass is 10.00. The fourth-order valence-electron chi connectivity index (χ4n) is 10.9. The van der Waals surface area contributed by atoms with Crippen molar-refractivity contribution in [1.82, 2.24) is 0 Å². The number of esters is 4. The molecule has 17 nitrogen and oxygen atoms in total. The third kappa shape index (κ3) is 65.1. The monoisotopic (exact) mass is 1340 g/mol. The molecule has 0 aliphatic carbocycles. The third-order valence-corrected chi connectivity index (χ3v) is 19.0. The summed E-state index contributed by atoms with van der Waals surface area (Å²) in [7, 11) is -9.90. The van der Waals surface area contributed by atoms with Gasteiger partial charge in [0.25, 0.3) is 0 Å². The molecule has 0 aliphatic heterocycles. The summed E-state index contributed by atoms with van der Waals surface area (Å²) in [6.45, 7) is 9.51. The van der Waals surface area contributed by atoms with Crippen molar-refractivity contribution < 1.29 is 80.2 Å². The minimum Gasteiger partial charge on any atom is -0.462 e. The molecule has 0 aromatic carbocycles. The van der Waals surface area contributed by atoms with Gasteiger partial charge in [-0.05, 0) is 37.5 Å². The number of ether oxygens (including phenoxy) is 4. The van der Waals surface area contributed by atoms with Crippen molar-refractivity contribution in [2.75, 3.05) is 39.6 Å². The number of aliphatic hydroxyl groups is 1. The van der Waals surface area contributed by atoms with Crippen LogP contribution < -0.4 is 0 Å². The molecule has 3 unspecified atom stereocenters. The van der Waals surface area contributed by atoms with Crippen LogP contribution in [0.2, 0.25) is 0 Å². The second-order valence-corrected chi connectivity index (χ2v) is 29.6. The van der Waals surface area contributed by atoms with Gasteiger partial charge in [0, 0.05) is 25.7 Å². The Kier molecular flexibility index (Phi) is 62.7. The molecule has 0 aromatic heterocycles. The molecule has 0 amide bonds. The second kappa shape index (κ2) is 64.1. The van der Waals surface area contributed by atoms with Gasteiger partial charge in [-0.2, -0.15) is 0 Å². The molecule has 0 aromatic rings. The first kappa shape index (κ1) is 89.1. The van der Waals surface area contributed by atoms with Gasteiger partial charge < -0.3 is 33.8 Å². The van der Waals surface area contributed by atoms with Crippen LogP contribution in [0.15, 0.2) is 0 Å². The minimum atomic E-state index is -4.95. The smallest absolute Gasteiger partial charge is 0.462 e. The van der Waals surface area contributed by atoms with Gasteiger partial charge in [-0.1, -0.05) is 318 Å². The molecule has 91 heavy (non-hydrogen) atoms. The average Bonchev–Trinajstić information content (AvgIpc) is 3.70. The number of hydrogen-bond acceptors (Lipinski definition) is 15. The number of hydrogen-bond donors (Lipinski definition) is 3. The average molecular weight is 1340 g/mol. The summed E-state index contributed by atoms with van der Waals surface area (Å²) >= 11 is 0. The van der Waals surface area contributed by atoms with E-state index in [-0.39, 0.29) is 25.7 Å². The van der Waals surface area contributed by atoms with Gasteiger partial charge in [0.2, 0.25) is 0 Å². The van der Waals surface area contributed by atoms with Crippen molar-refractivity contribution in [3.8, 4) is 0 Å². The number of rotatable bonds is 71. The zero-order chi connectivity index (χ0) is 67.2. The van der Waals surface area contributed by atoms with Crippen LogP contribution in [-0.2, 0) is 65.4 Å². The lowest BCUT2D eigenvalue weighted by Crippen LogP contribution is -2.30. The van der Waals surface area contributed by atoms with E-state index in [1.165, 1.54) is 180 Å². The molecule has 0 aliphatic rings. The normalized spacial score (nSPS) is 14.4. The SMILES string of the molecule is CCCCCCCCCCCCCCCCCCCC(=O)O[C@H](COC(=O)CCCCCCCCCCCC(C)C)COP(=O)(O)OC[C@@H](O)COP(=O)(O)OC[C@@H](COC(=O)CCCCCCCCC(C)CC)OC(=O)CCCCCCCCCCCCCC. The maximum Gasteiger partial charge on any atom is 0.472 e. The molecule has 0 bridgehead atoms. The molecule has 0 fully saturated rings. The Bertz CT molecular complexity index is 1770. The number of phosphoric ester groups is 2. The van der Waals surface area contributed by atoms with E-state index in [1.54, 1.807) is 0 Å². The molecule has 6 atom stereocenters. The zero-order valence-corrected chi connectivity index (χ0v) is 60.9. The highest BCUT2D eigenvalue weighted by molar-refractivity contribution is 7.47. The second-order valence-electron chi connectivity index (χ2n) is 26.7. The fourth-order valence-corrected chi connectivity index (χ4v) is 12.5. The van der Waals surface area contributed by atoms with E-state index >= 15 is 0 Å². The van der Waals surface area contributed by atoms with Gasteiger partial charge in [-0.15, -0.1) is 0 Å². The lowest BCUT2D eigenvalue weighted by molar-refractivity contribution is -0.161. The Balaban J connectivity index is 5.24. The van der Waals surface area contributed by atoms with Gasteiger partial charge >= 0.3 is 39.5 Å². The number of carbonyl (C=O) groups excluding carboxylic acids is 4. The van der Waals surface area contributed by atoms with Crippen LogP contribution in [-0.4, -0.2) is 96.7 Å². The standard InChI is InChI=1S/C72H140O17P2/c1-7-10-12-14-16-18-20-22-23-24-25-26-28-32-37-45-51-57-72(77)88-67(60-82-69(74)54-48-42-35-33-29-30-34-40-46-52-64(4)5)62-86-90(78,79)84-58-66(73)59-85-91(80,81)87-63-68(61-83-70(75)55-49-43-39-38-41-47-53-65(6)9-3)89-71(76)56-50-44-36-31-27-21-19-17-15-13-11-8-2/h64-68,73H,7-63H2,1-6H3,(H,78,79)(H,80,81)/t65?,66-,67-,68-/m1/s1. The van der Waals surface area contributed by atoms with E-state index in [1.807, 2.05) is 0 Å². The van der Waals surface area contributed by atoms with Crippen molar-refractivity contribution >= 4 is 39.5 Å². The van der Waals surface area contributed by atoms with E-state index in [4.69, 9.17) is 37.0 Å². The first-order valence-corrected chi connectivity index (χ1v) is 40.5. The Morgan fingerprint density at radius 2 is 0.560 bits per heavy atom. The Labute approximate surface area is 556 Å². The van der Waals surface area contributed by atoms with Gasteiger partial charge in [-0.3, -0.25) is 37.3 Å². The van der Waals surface area contributed by atoms with Crippen LogP contribution >= 0.6 is 15.6 Å². The maximum absolute atomic E-state index is 13.0. The molecular formula is C72H140O17P2. The van der Waals surface area contributed by atoms with E-state index in [0.717, 1.165) is 108 Å². The predicted molar refractivity (Wildman–Crippen MR) is 368 cm³/mol. The summed E-state index contributed by atoms with van der Waals surface area (Å²) in [4.78, 5) is 72.6. The van der Waals surface area contributed by atoms with Gasteiger partial charge in [-0.25, -0.2) is 9.13 Å². The molecule has 540 valence electrons. The highest BCUT2D eigenvalue weighted by Gasteiger charge is 2.30. The minimum absolute atomic E-state index is 0.106. The highest BCUT2D eigenvalue weighted by Crippen LogP contribution is 2.45. The Hall–Kier alpha value is -1.94. The Morgan fingerprint density at radius 1 is 0.319 bits per heavy atom. The van der Waals surface area contributed by atoms with Crippen LogP contribution in [0.5, 0.6) is 0 Å². The molecule has 3 N–H and O–H groups in total. The van der Waals surface area contributed by atoms with E-state index in [9.17, 15) is 43.2 Å². The van der Waals surface area contributed by atoms with Gasteiger partial charge in [0.15, 0.2) is 12.2 Å². The first-order valence-electron chi connectivity index (χ1n) is 37.5. The Morgan fingerprint density at radius 3 is 0.835 bits per heavy atom. The van der Waals surface area contributed by atoms with Crippen LogP contribution in [0.25, 0.3) is 0 Å².